The number of nitrogens with zero attached hydrogens (tertiary/aromatic N) is 4. The number of nitrogens with two attached hydrogens (primary N) is 2. The molecule has 78 heavy (non-hydrogen) atoms. The maximum atomic E-state index is 14.4. The fraction of sp³-hybridized carbons (Fsp3) is 0.404. The smallest absolute Gasteiger partial charge is 0.409 e. The summed E-state index contributed by atoms with van der Waals surface area (Å²) in [6, 6.07) is 21.4. The van der Waals surface area contributed by atoms with E-state index in [0.717, 1.165) is 34.3 Å². The third-order valence-corrected chi connectivity index (χ3v) is 14.4. The minimum Gasteiger partial charge on any atom is -0.409 e. The maximum absolute atomic E-state index is 14.4. The van der Waals surface area contributed by atoms with E-state index in [1.165, 1.54) is 12.2 Å². The monoisotopic (exact) mass is 1070 g/mol. The Kier molecular flexibility index (Phi) is 19.0. The Hall–Kier alpha value is -7.98. The van der Waals surface area contributed by atoms with Crippen molar-refractivity contribution in [1.29, 1.82) is 0 Å². The van der Waals surface area contributed by atoms with E-state index in [-0.39, 0.29) is 49.7 Å². The number of hydrogen-bond acceptors (Lipinski definition) is 13. The zero-order valence-corrected chi connectivity index (χ0v) is 44.2. The summed E-state index contributed by atoms with van der Waals surface area (Å²) in [6.07, 6.45) is 5.74. The lowest BCUT2D eigenvalue weighted by Gasteiger charge is -2.31. The van der Waals surface area contributed by atoms with Gasteiger partial charge < -0.3 is 62.5 Å². The third-order valence-electron chi connectivity index (χ3n) is 14.4. The average Bonchev–Trinajstić information content (AvgIpc) is 4.21. The molecule has 8 rings (SSSR count). The predicted molar refractivity (Wildman–Crippen MR) is 298 cm³/mol. The summed E-state index contributed by atoms with van der Waals surface area (Å²) in [4.78, 5) is 115. The number of benzene rings is 4. The van der Waals surface area contributed by atoms with E-state index in [2.05, 4.69) is 43.4 Å². The van der Waals surface area contributed by atoms with Crippen LogP contribution in [0.3, 0.4) is 0 Å². The summed E-state index contributed by atoms with van der Waals surface area (Å²) in [5.74, 6) is -2.12. The first-order valence-corrected chi connectivity index (χ1v) is 26.8. The zero-order chi connectivity index (χ0) is 55.3. The second kappa shape index (κ2) is 26.4. The van der Waals surface area contributed by atoms with Crippen LogP contribution in [0.5, 0.6) is 5.75 Å². The van der Waals surface area contributed by atoms with Gasteiger partial charge in [-0.2, -0.15) is 0 Å². The van der Waals surface area contributed by atoms with Crippen molar-refractivity contribution in [1.82, 2.24) is 35.6 Å². The first kappa shape index (κ1) is 56.2. The molecule has 0 radical (unpaired) electrons. The number of ether oxygens (including phenoxy) is 1. The van der Waals surface area contributed by atoms with Crippen molar-refractivity contribution in [2.45, 2.75) is 76.3 Å². The van der Waals surface area contributed by atoms with Crippen molar-refractivity contribution < 1.29 is 43.1 Å². The number of H-pyrrole nitrogens is 1. The van der Waals surface area contributed by atoms with E-state index in [9.17, 15) is 38.4 Å². The minimum absolute atomic E-state index is 0.0103. The number of anilines is 3. The number of fused-ring (bicyclic) bond motifs is 4. The summed E-state index contributed by atoms with van der Waals surface area (Å²) in [7, 11) is 2.02. The Labute approximate surface area is 452 Å². The van der Waals surface area contributed by atoms with Crippen molar-refractivity contribution in [3.05, 3.63) is 108 Å². The molecule has 0 aliphatic carbocycles. The van der Waals surface area contributed by atoms with E-state index in [0.29, 0.717) is 123 Å². The van der Waals surface area contributed by atoms with Crippen LogP contribution in [-0.2, 0) is 24.0 Å². The number of likely N-dealkylation sites (N-methyl/N-ethyl adjacent to an activating group) is 1. The molecule has 0 saturated carbocycles. The van der Waals surface area contributed by atoms with E-state index >= 15 is 0 Å². The van der Waals surface area contributed by atoms with Gasteiger partial charge in [0, 0.05) is 116 Å². The number of aromatic nitrogens is 1. The molecule has 4 heterocycles. The third kappa shape index (κ3) is 13.9. The number of piperazine rings is 1. The van der Waals surface area contributed by atoms with Crippen LogP contribution < -0.4 is 47.7 Å². The van der Waals surface area contributed by atoms with E-state index in [1.54, 1.807) is 64.4 Å². The van der Waals surface area contributed by atoms with E-state index in [1.807, 2.05) is 31.3 Å². The molecule has 4 aromatic carbocycles. The van der Waals surface area contributed by atoms with Crippen molar-refractivity contribution in [3.63, 3.8) is 0 Å². The van der Waals surface area contributed by atoms with Crippen molar-refractivity contribution >= 4 is 86.2 Å². The molecule has 412 valence electrons. The number of carbonyl (C=O) groups is 8. The highest BCUT2D eigenvalue weighted by Gasteiger charge is 2.35. The molecule has 1 aromatic heterocycles. The van der Waals surface area contributed by atoms with Crippen LogP contribution in [0.2, 0.25) is 0 Å². The van der Waals surface area contributed by atoms with Gasteiger partial charge in [0.2, 0.25) is 17.7 Å². The molecule has 3 aliphatic heterocycles. The largest absolute Gasteiger partial charge is 0.415 e. The molecule has 21 nitrogen and oxygen atoms in total. The number of aromatic amines is 1. The van der Waals surface area contributed by atoms with Gasteiger partial charge in [-0.15, -0.1) is 0 Å². The Morgan fingerprint density at radius 1 is 0.744 bits per heavy atom. The van der Waals surface area contributed by atoms with Crippen molar-refractivity contribution in [2.75, 3.05) is 88.0 Å². The van der Waals surface area contributed by atoms with Crippen molar-refractivity contribution in [3.8, 4) is 5.75 Å². The van der Waals surface area contributed by atoms with Crippen LogP contribution >= 0.6 is 0 Å². The quantitative estimate of drug-likeness (QED) is 0.0312. The van der Waals surface area contributed by atoms with Gasteiger partial charge in [-0.25, -0.2) is 4.79 Å². The molecular formula is C57H70N12O9. The van der Waals surface area contributed by atoms with Crippen LogP contribution in [0.15, 0.2) is 91.0 Å². The summed E-state index contributed by atoms with van der Waals surface area (Å²) in [5.41, 5.74) is 15.5. The molecule has 1 fully saturated rings. The number of hydrogen-bond donors (Lipinski definition) is 8. The van der Waals surface area contributed by atoms with Crippen molar-refractivity contribution in [2.24, 2.45) is 11.5 Å². The lowest BCUT2D eigenvalue weighted by atomic mass is 9.95. The van der Waals surface area contributed by atoms with Gasteiger partial charge in [0.05, 0.1) is 11.7 Å². The number of rotatable bonds is 24. The highest BCUT2D eigenvalue weighted by Crippen LogP contribution is 2.45. The van der Waals surface area contributed by atoms with E-state index in [4.69, 9.17) is 16.2 Å². The number of unbranched alkanes of at least 4 members (excludes halogenated alkanes) is 2. The molecule has 1 saturated heterocycles. The summed E-state index contributed by atoms with van der Waals surface area (Å²) in [6.45, 7) is 6.63. The first-order valence-electron chi connectivity index (χ1n) is 26.8. The number of nitrogens with one attached hydrogen (secondary N) is 6. The van der Waals surface area contributed by atoms with Gasteiger partial charge in [-0.05, 0) is 118 Å². The van der Waals surface area contributed by atoms with Crippen LogP contribution in [0.4, 0.5) is 21.9 Å². The molecule has 3 atom stereocenters. The molecule has 5 aromatic rings. The van der Waals surface area contributed by atoms with Gasteiger partial charge >= 0.3 is 6.09 Å². The van der Waals surface area contributed by atoms with Gasteiger partial charge in [0.15, 0.2) is 0 Å². The SMILES string of the molecule is C[C@@H]1CN(C(=O)c2cc3cc(NC(=O)c4ccc(NC(=O)[C@H](CCCCN)NC(=O)[C@H](CCCCN)NCCNC(=O)CCCN5C(=O)C=CC5=O)cc4)ccc3[nH]2)c2cc(OC(=O)N3CCN(C)CC3)c3ccccc3c21. The molecule has 0 unspecified atom stereocenters. The molecule has 21 heteroatoms. The fourth-order valence-electron chi connectivity index (χ4n) is 10.0. The Bertz CT molecular complexity index is 3040. The summed E-state index contributed by atoms with van der Waals surface area (Å²) in [5, 5.41) is 17.1. The molecule has 10 N–H and O–H groups in total. The molecule has 0 bridgehead atoms. The number of carbonyl (C=O) groups excluding carboxylic acids is 8. The first-order chi connectivity index (χ1) is 37.7. The van der Waals surface area contributed by atoms with Gasteiger partial charge in [0.1, 0.15) is 17.5 Å². The number of amides is 8. The predicted octanol–water partition coefficient (Wildman–Crippen LogP) is 4.54. The van der Waals surface area contributed by atoms with Gasteiger partial charge in [-0.3, -0.25) is 38.5 Å². The second-order valence-electron chi connectivity index (χ2n) is 20.1. The normalized spacial score (nSPS) is 16.1. The lowest BCUT2D eigenvalue weighted by molar-refractivity contribution is -0.137. The standard InChI is InChI=1S/C57H70N12O9/c1-36-35-69(47-34-48(41-10-3-4-11-42(41)52(36)47)78-57(77)67-30-28-66(2)29-31-67)56(76)46-33-38-32-40(19-20-43(38)64-46)63-53(73)37-15-17-39(18-16-37)62-55(75)45(13-6-8-24-59)65-54(74)44(12-5-7-23-58)60-25-26-61-49(70)14-9-27-68-50(71)21-22-51(68)72/h3-4,10-11,15-22,32-34,36,44-45,60,64H,5-9,12-14,23-31,35,58-59H2,1-2H3,(H,61,70)(H,62,75)(H,63,73)(H,65,74)/t36-,44+,45+/m1/s1. The molecule has 3 aliphatic rings. The zero-order valence-electron chi connectivity index (χ0n) is 44.2. The molecule has 8 amide bonds. The second-order valence-corrected chi connectivity index (χ2v) is 20.1. The Balaban J connectivity index is 0.860. The molecule has 0 spiro atoms. The molecular weight excluding hydrogens is 997 g/mol. The van der Waals surface area contributed by atoms with Gasteiger partial charge in [-0.1, -0.05) is 37.6 Å². The van der Waals surface area contributed by atoms with Crippen LogP contribution in [0.1, 0.15) is 90.6 Å². The maximum Gasteiger partial charge on any atom is 0.415 e. The Morgan fingerprint density at radius 3 is 2.13 bits per heavy atom. The fourth-order valence-corrected chi connectivity index (χ4v) is 10.0. The van der Waals surface area contributed by atoms with E-state index < -0.39 is 41.8 Å². The average molecular weight is 1070 g/mol. The van der Waals surface area contributed by atoms with Crippen LogP contribution in [0.25, 0.3) is 21.7 Å². The van der Waals surface area contributed by atoms with Crippen LogP contribution in [0, 0.1) is 0 Å². The van der Waals surface area contributed by atoms with Gasteiger partial charge in [0.25, 0.3) is 23.6 Å². The Morgan fingerprint density at radius 2 is 1.42 bits per heavy atom. The lowest BCUT2D eigenvalue weighted by Crippen LogP contribution is -2.52. The topological polar surface area (TPSA) is 287 Å². The highest BCUT2D eigenvalue weighted by atomic mass is 16.6. The minimum atomic E-state index is -0.902. The summed E-state index contributed by atoms with van der Waals surface area (Å²) < 4.78 is 6.06. The van der Waals surface area contributed by atoms with Crippen LogP contribution in [-0.4, -0.2) is 152 Å². The highest BCUT2D eigenvalue weighted by molar-refractivity contribution is 6.13. The number of imide groups is 1. The summed E-state index contributed by atoms with van der Waals surface area (Å²) >= 11 is 0.